The lowest BCUT2D eigenvalue weighted by Gasteiger charge is -2.14. The van der Waals surface area contributed by atoms with Crippen LogP contribution in [0.15, 0.2) is 12.5 Å². The largest absolute Gasteiger partial charge is 0.271 e. The van der Waals surface area contributed by atoms with Crippen molar-refractivity contribution in [3.05, 3.63) is 24.0 Å². The average molecular weight is 250 g/mol. The molecule has 0 bridgehead atoms. The molecule has 2 aromatic rings. The molecule has 0 saturated carbocycles. The molecule has 0 aliphatic heterocycles. The Kier molecular flexibility index (Phi) is 4.00. The van der Waals surface area contributed by atoms with E-state index in [1.807, 2.05) is 4.68 Å². The standard InChI is InChI=1S/C10H18N8/c1-7(2)5-18-10(12-6-14-18)3-8(15-11)9-4-13-17-16-9/h4,6-8,15H,3,5,11H2,1-2H3,(H,13,16,17). The average Bonchev–Trinajstić information content (AvgIpc) is 2.96. The minimum absolute atomic E-state index is 0.126. The van der Waals surface area contributed by atoms with Gasteiger partial charge >= 0.3 is 0 Å². The summed E-state index contributed by atoms with van der Waals surface area (Å²) in [5.41, 5.74) is 3.48. The van der Waals surface area contributed by atoms with E-state index >= 15 is 0 Å². The van der Waals surface area contributed by atoms with Crippen molar-refractivity contribution < 1.29 is 0 Å². The SMILES string of the molecule is CC(C)Cn1ncnc1CC(NN)c1cn[nH]n1. The van der Waals surface area contributed by atoms with Crippen LogP contribution in [-0.4, -0.2) is 30.2 Å². The van der Waals surface area contributed by atoms with Gasteiger partial charge in [-0.15, -0.1) is 0 Å². The van der Waals surface area contributed by atoms with Gasteiger partial charge in [-0.05, 0) is 5.92 Å². The van der Waals surface area contributed by atoms with Crippen LogP contribution in [0.5, 0.6) is 0 Å². The molecule has 0 fully saturated rings. The highest BCUT2D eigenvalue weighted by atomic mass is 15.4. The number of H-pyrrole nitrogens is 1. The van der Waals surface area contributed by atoms with E-state index in [4.69, 9.17) is 5.84 Å². The van der Waals surface area contributed by atoms with Crippen molar-refractivity contribution in [3.8, 4) is 0 Å². The van der Waals surface area contributed by atoms with Crippen molar-refractivity contribution in [2.75, 3.05) is 0 Å². The summed E-state index contributed by atoms with van der Waals surface area (Å²) in [5, 5.41) is 14.6. The molecule has 4 N–H and O–H groups in total. The first-order chi connectivity index (χ1) is 8.70. The molecule has 0 amide bonds. The monoisotopic (exact) mass is 250 g/mol. The molecule has 8 nitrogen and oxygen atoms in total. The minimum Gasteiger partial charge on any atom is -0.271 e. The van der Waals surface area contributed by atoms with Gasteiger partial charge in [-0.1, -0.05) is 13.8 Å². The molecular weight excluding hydrogens is 232 g/mol. The maximum atomic E-state index is 5.54. The Balaban J connectivity index is 2.10. The third-order valence-corrected chi connectivity index (χ3v) is 2.61. The Labute approximate surface area is 105 Å². The molecule has 0 aliphatic carbocycles. The number of hydrogen-bond donors (Lipinski definition) is 3. The summed E-state index contributed by atoms with van der Waals surface area (Å²) in [4.78, 5) is 4.26. The second-order valence-corrected chi connectivity index (χ2v) is 4.57. The van der Waals surface area contributed by atoms with Gasteiger partial charge in [0.15, 0.2) is 0 Å². The molecular formula is C10H18N8. The van der Waals surface area contributed by atoms with Crippen molar-refractivity contribution in [2.45, 2.75) is 32.9 Å². The summed E-state index contributed by atoms with van der Waals surface area (Å²) in [7, 11) is 0. The van der Waals surface area contributed by atoms with Gasteiger partial charge in [0, 0.05) is 13.0 Å². The highest BCUT2D eigenvalue weighted by molar-refractivity contribution is 5.03. The molecule has 2 heterocycles. The molecule has 18 heavy (non-hydrogen) atoms. The third-order valence-electron chi connectivity index (χ3n) is 2.61. The zero-order valence-electron chi connectivity index (χ0n) is 10.5. The lowest BCUT2D eigenvalue weighted by atomic mass is 10.1. The summed E-state index contributed by atoms with van der Waals surface area (Å²) in [6.07, 6.45) is 3.83. The van der Waals surface area contributed by atoms with E-state index < -0.39 is 0 Å². The number of hydrogen-bond acceptors (Lipinski definition) is 6. The number of nitrogens with two attached hydrogens (primary N) is 1. The Morgan fingerprint density at radius 3 is 2.94 bits per heavy atom. The van der Waals surface area contributed by atoms with Crippen LogP contribution < -0.4 is 11.3 Å². The fourth-order valence-corrected chi connectivity index (χ4v) is 1.75. The first kappa shape index (κ1) is 12.7. The molecule has 0 saturated heterocycles. The first-order valence-electron chi connectivity index (χ1n) is 5.89. The van der Waals surface area contributed by atoms with Crippen LogP contribution in [0, 0.1) is 5.92 Å². The normalized spacial score (nSPS) is 13.1. The van der Waals surface area contributed by atoms with E-state index in [9.17, 15) is 0 Å². The molecule has 8 heteroatoms. The number of nitrogens with zero attached hydrogens (tertiary/aromatic N) is 5. The molecule has 98 valence electrons. The number of nitrogens with one attached hydrogen (secondary N) is 2. The number of aromatic amines is 1. The molecule has 0 aliphatic rings. The van der Waals surface area contributed by atoms with Crippen LogP contribution in [-0.2, 0) is 13.0 Å². The molecule has 1 unspecified atom stereocenters. The van der Waals surface area contributed by atoms with Crippen LogP contribution in [0.4, 0.5) is 0 Å². The van der Waals surface area contributed by atoms with E-state index in [0.717, 1.165) is 18.1 Å². The quantitative estimate of drug-likeness (QED) is 0.483. The lowest BCUT2D eigenvalue weighted by Crippen LogP contribution is -2.31. The van der Waals surface area contributed by atoms with Crippen LogP contribution >= 0.6 is 0 Å². The molecule has 2 rings (SSSR count). The number of hydrazine groups is 1. The van der Waals surface area contributed by atoms with E-state index in [0.29, 0.717) is 12.3 Å². The Hall–Kier alpha value is -1.80. The second kappa shape index (κ2) is 5.69. The maximum Gasteiger partial charge on any atom is 0.138 e. The predicted octanol–water partition coefficient (Wildman–Crippen LogP) is -0.201. The molecule has 2 aromatic heterocycles. The fourth-order valence-electron chi connectivity index (χ4n) is 1.75. The highest BCUT2D eigenvalue weighted by Crippen LogP contribution is 2.13. The molecule has 0 radical (unpaired) electrons. The van der Waals surface area contributed by atoms with Crippen LogP contribution in [0.2, 0.25) is 0 Å². The van der Waals surface area contributed by atoms with Crippen molar-refractivity contribution in [2.24, 2.45) is 11.8 Å². The number of rotatable bonds is 6. The zero-order chi connectivity index (χ0) is 13.0. The smallest absolute Gasteiger partial charge is 0.138 e. The third kappa shape index (κ3) is 2.90. The summed E-state index contributed by atoms with van der Waals surface area (Å²) in [5.74, 6) is 6.94. The fraction of sp³-hybridized carbons (Fsp3) is 0.600. The summed E-state index contributed by atoms with van der Waals surface area (Å²) < 4.78 is 1.90. The van der Waals surface area contributed by atoms with E-state index in [2.05, 4.69) is 44.8 Å². The molecule has 0 spiro atoms. The van der Waals surface area contributed by atoms with Gasteiger partial charge in [-0.25, -0.2) is 9.67 Å². The van der Waals surface area contributed by atoms with Gasteiger partial charge in [0.1, 0.15) is 17.8 Å². The van der Waals surface area contributed by atoms with Crippen molar-refractivity contribution in [1.82, 2.24) is 35.6 Å². The zero-order valence-corrected chi connectivity index (χ0v) is 10.5. The van der Waals surface area contributed by atoms with Crippen LogP contribution in [0.1, 0.15) is 31.4 Å². The summed E-state index contributed by atoms with van der Waals surface area (Å²) in [6.45, 7) is 5.12. The maximum absolute atomic E-state index is 5.54. The van der Waals surface area contributed by atoms with Crippen molar-refractivity contribution in [3.63, 3.8) is 0 Å². The van der Waals surface area contributed by atoms with Gasteiger partial charge < -0.3 is 0 Å². The minimum atomic E-state index is -0.126. The van der Waals surface area contributed by atoms with Gasteiger partial charge in [0.2, 0.25) is 0 Å². The van der Waals surface area contributed by atoms with Crippen molar-refractivity contribution in [1.29, 1.82) is 0 Å². The number of aromatic nitrogens is 6. The van der Waals surface area contributed by atoms with E-state index in [1.165, 1.54) is 0 Å². The Morgan fingerprint density at radius 1 is 1.50 bits per heavy atom. The Bertz CT molecular complexity index is 460. The first-order valence-corrected chi connectivity index (χ1v) is 5.89. The highest BCUT2D eigenvalue weighted by Gasteiger charge is 2.17. The van der Waals surface area contributed by atoms with Gasteiger partial charge in [-0.3, -0.25) is 11.3 Å². The summed E-state index contributed by atoms with van der Waals surface area (Å²) in [6, 6.07) is -0.126. The molecule has 0 aromatic carbocycles. The van der Waals surface area contributed by atoms with Gasteiger partial charge in [0.25, 0.3) is 0 Å². The van der Waals surface area contributed by atoms with Crippen LogP contribution in [0.3, 0.4) is 0 Å². The Morgan fingerprint density at radius 2 is 2.33 bits per heavy atom. The lowest BCUT2D eigenvalue weighted by molar-refractivity contribution is 0.444. The second-order valence-electron chi connectivity index (χ2n) is 4.57. The topological polar surface area (TPSA) is 110 Å². The molecule has 1 atom stereocenters. The summed E-state index contributed by atoms with van der Waals surface area (Å²) >= 11 is 0. The van der Waals surface area contributed by atoms with Crippen LogP contribution in [0.25, 0.3) is 0 Å². The van der Waals surface area contributed by atoms with E-state index in [1.54, 1.807) is 12.5 Å². The predicted molar refractivity (Wildman–Crippen MR) is 65.0 cm³/mol. The van der Waals surface area contributed by atoms with Gasteiger partial charge in [-0.2, -0.15) is 20.5 Å². The van der Waals surface area contributed by atoms with Gasteiger partial charge in [0.05, 0.1) is 12.2 Å². The van der Waals surface area contributed by atoms with E-state index in [-0.39, 0.29) is 6.04 Å². The van der Waals surface area contributed by atoms with Crippen molar-refractivity contribution >= 4 is 0 Å².